The summed E-state index contributed by atoms with van der Waals surface area (Å²) in [6.45, 7) is 0. The van der Waals surface area contributed by atoms with Gasteiger partial charge >= 0.3 is 0 Å². The molecule has 5 nitrogen and oxygen atoms in total. The fourth-order valence-corrected chi connectivity index (χ4v) is 1.72. The fourth-order valence-electron chi connectivity index (χ4n) is 1.54. The summed E-state index contributed by atoms with van der Waals surface area (Å²) in [4.78, 5) is 7.55. The summed E-state index contributed by atoms with van der Waals surface area (Å²) in [6.07, 6.45) is 5.74. The number of hydrogen-bond donors (Lipinski definition) is 0. The van der Waals surface area contributed by atoms with E-state index in [4.69, 9.17) is 11.6 Å². The normalized spacial score (nSPS) is 10.9. The Hall–Kier alpha value is -2.08. The van der Waals surface area contributed by atoms with E-state index in [-0.39, 0.29) is 5.15 Å². The summed E-state index contributed by atoms with van der Waals surface area (Å²) < 4.78 is 15.2. The second-order valence-electron chi connectivity index (χ2n) is 3.29. The zero-order chi connectivity index (χ0) is 11.8. The van der Waals surface area contributed by atoms with E-state index in [1.807, 2.05) is 0 Å². The van der Waals surface area contributed by atoms with Gasteiger partial charge in [-0.2, -0.15) is 0 Å². The molecular formula is C10H5ClFN5. The van der Waals surface area contributed by atoms with Gasteiger partial charge < -0.3 is 0 Å². The predicted octanol–water partition coefficient (Wildman–Crippen LogP) is 1.98. The Bertz CT molecular complexity index is 696. The number of rotatable bonds is 1. The molecule has 0 atom stereocenters. The molecule has 3 rings (SSSR count). The Kier molecular flexibility index (Phi) is 2.22. The van der Waals surface area contributed by atoms with Crippen molar-refractivity contribution in [1.82, 2.24) is 24.6 Å². The van der Waals surface area contributed by atoms with Crippen LogP contribution in [-0.2, 0) is 0 Å². The van der Waals surface area contributed by atoms with Gasteiger partial charge in [-0.15, -0.1) is 10.2 Å². The van der Waals surface area contributed by atoms with Crippen LogP contribution in [0.5, 0.6) is 0 Å². The average molecular weight is 250 g/mol. The lowest BCUT2D eigenvalue weighted by Crippen LogP contribution is -1.93. The molecule has 0 saturated heterocycles. The second kappa shape index (κ2) is 3.74. The first-order chi connectivity index (χ1) is 8.27. The molecule has 0 amide bonds. The summed E-state index contributed by atoms with van der Waals surface area (Å²) in [7, 11) is 0. The lowest BCUT2D eigenvalue weighted by molar-refractivity contribution is 0.623. The smallest absolute Gasteiger partial charge is 0.198 e. The van der Waals surface area contributed by atoms with Crippen molar-refractivity contribution in [3.05, 3.63) is 41.8 Å². The van der Waals surface area contributed by atoms with Gasteiger partial charge in [0.1, 0.15) is 0 Å². The molecule has 0 fully saturated rings. The van der Waals surface area contributed by atoms with Crippen molar-refractivity contribution in [2.24, 2.45) is 0 Å². The summed E-state index contributed by atoms with van der Waals surface area (Å²) in [6, 6.07) is 1.53. The molecule has 0 saturated carbocycles. The van der Waals surface area contributed by atoms with Crippen LogP contribution in [0.1, 0.15) is 0 Å². The minimum atomic E-state index is -0.463. The van der Waals surface area contributed by atoms with E-state index in [1.165, 1.54) is 18.5 Å². The van der Waals surface area contributed by atoms with Crippen LogP contribution in [0.15, 0.2) is 30.9 Å². The lowest BCUT2D eigenvalue weighted by Gasteiger charge is -2.00. The largest absolute Gasteiger partial charge is 0.278 e. The third kappa shape index (κ3) is 1.53. The third-order valence-corrected chi connectivity index (χ3v) is 2.56. The number of fused-ring (bicyclic) bond motifs is 1. The number of hydrogen-bond acceptors (Lipinski definition) is 4. The van der Waals surface area contributed by atoms with Gasteiger partial charge in [-0.1, -0.05) is 11.6 Å². The molecule has 3 aromatic rings. The number of aromatic nitrogens is 5. The van der Waals surface area contributed by atoms with Crippen molar-refractivity contribution >= 4 is 17.2 Å². The first-order valence-electron chi connectivity index (χ1n) is 4.72. The van der Waals surface area contributed by atoms with Gasteiger partial charge in [-0.3, -0.25) is 9.38 Å². The van der Waals surface area contributed by atoms with Crippen molar-refractivity contribution < 1.29 is 4.39 Å². The molecule has 0 bridgehead atoms. The molecule has 17 heavy (non-hydrogen) atoms. The molecule has 3 heterocycles. The van der Waals surface area contributed by atoms with Gasteiger partial charge in [0, 0.05) is 18.6 Å². The minimum Gasteiger partial charge on any atom is -0.278 e. The van der Waals surface area contributed by atoms with Crippen molar-refractivity contribution in [2.45, 2.75) is 0 Å². The van der Waals surface area contributed by atoms with Gasteiger partial charge in [-0.25, -0.2) is 9.37 Å². The molecule has 0 aliphatic rings. The van der Waals surface area contributed by atoms with Crippen LogP contribution < -0.4 is 0 Å². The molecule has 0 unspecified atom stereocenters. The van der Waals surface area contributed by atoms with E-state index in [9.17, 15) is 4.39 Å². The van der Waals surface area contributed by atoms with Crippen LogP contribution >= 0.6 is 11.6 Å². The maximum atomic E-state index is 13.6. The summed E-state index contributed by atoms with van der Waals surface area (Å²) >= 11 is 5.86. The van der Waals surface area contributed by atoms with Gasteiger partial charge in [0.2, 0.25) is 0 Å². The summed E-state index contributed by atoms with van der Waals surface area (Å²) in [5.41, 5.74) is 0.704. The predicted molar refractivity (Wildman–Crippen MR) is 59.0 cm³/mol. The van der Waals surface area contributed by atoms with Crippen molar-refractivity contribution in [3.8, 4) is 11.4 Å². The molecule has 0 aromatic carbocycles. The Morgan fingerprint density at radius 1 is 1.24 bits per heavy atom. The molecular weight excluding hydrogens is 245 g/mol. The summed E-state index contributed by atoms with van der Waals surface area (Å²) in [5.74, 6) is -0.0982. The molecule has 0 spiro atoms. The van der Waals surface area contributed by atoms with Crippen molar-refractivity contribution in [3.63, 3.8) is 0 Å². The highest BCUT2D eigenvalue weighted by Gasteiger charge is 2.13. The lowest BCUT2D eigenvalue weighted by atomic mass is 10.2. The minimum absolute atomic E-state index is 0.223. The van der Waals surface area contributed by atoms with Crippen LogP contribution in [-0.4, -0.2) is 24.6 Å². The zero-order valence-corrected chi connectivity index (χ0v) is 9.13. The highest BCUT2D eigenvalue weighted by molar-refractivity contribution is 6.32. The molecule has 0 N–H and O–H groups in total. The number of halogens is 2. The maximum absolute atomic E-state index is 13.6. The molecule has 3 aromatic heterocycles. The van der Waals surface area contributed by atoms with E-state index < -0.39 is 5.82 Å². The van der Waals surface area contributed by atoms with Crippen LogP contribution in [0.3, 0.4) is 0 Å². The Morgan fingerprint density at radius 2 is 2.12 bits per heavy atom. The van der Waals surface area contributed by atoms with Gasteiger partial charge in [-0.05, 0) is 6.07 Å². The fraction of sp³-hybridized carbons (Fsp3) is 0. The van der Waals surface area contributed by atoms with Gasteiger partial charge in [0.25, 0.3) is 0 Å². The van der Waals surface area contributed by atoms with E-state index in [2.05, 4.69) is 20.2 Å². The topological polar surface area (TPSA) is 56.0 Å². The molecule has 0 radical (unpaired) electrons. The monoisotopic (exact) mass is 249 g/mol. The van der Waals surface area contributed by atoms with Crippen LogP contribution in [0.2, 0.25) is 5.15 Å². The number of nitrogens with zero attached hydrogens (tertiary/aromatic N) is 5. The molecule has 0 aliphatic carbocycles. The third-order valence-electron chi connectivity index (χ3n) is 2.30. The van der Waals surface area contributed by atoms with E-state index >= 15 is 0 Å². The van der Waals surface area contributed by atoms with E-state index in [0.29, 0.717) is 17.0 Å². The number of pyridine rings is 1. The first-order valence-corrected chi connectivity index (χ1v) is 5.10. The van der Waals surface area contributed by atoms with Gasteiger partial charge in [0.05, 0.1) is 11.8 Å². The molecule has 0 aliphatic heterocycles. The zero-order valence-electron chi connectivity index (χ0n) is 8.38. The Labute approximate surface area is 99.9 Å². The van der Waals surface area contributed by atoms with E-state index in [1.54, 1.807) is 10.6 Å². The summed E-state index contributed by atoms with van der Waals surface area (Å²) in [5, 5.41) is 8.00. The molecule has 7 heteroatoms. The highest BCUT2D eigenvalue weighted by atomic mass is 35.5. The van der Waals surface area contributed by atoms with Crippen LogP contribution in [0, 0.1) is 5.82 Å². The van der Waals surface area contributed by atoms with Crippen LogP contribution in [0.25, 0.3) is 17.0 Å². The Morgan fingerprint density at radius 3 is 2.94 bits per heavy atom. The molecule has 84 valence electrons. The first kappa shape index (κ1) is 10.1. The SMILES string of the molecule is Fc1cnccc1-c1nnc2c(Cl)nccn12. The van der Waals surface area contributed by atoms with Crippen LogP contribution in [0.4, 0.5) is 4.39 Å². The van der Waals surface area contributed by atoms with E-state index in [0.717, 1.165) is 6.20 Å². The van der Waals surface area contributed by atoms with Gasteiger partial charge in [0.15, 0.2) is 22.4 Å². The highest BCUT2D eigenvalue weighted by Crippen LogP contribution is 2.22. The maximum Gasteiger partial charge on any atom is 0.198 e. The van der Waals surface area contributed by atoms with Crippen molar-refractivity contribution in [2.75, 3.05) is 0 Å². The second-order valence-corrected chi connectivity index (χ2v) is 3.65. The Balaban J connectivity index is 2.33. The average Bonchev–Trinajstić information content (AvgIpc) is 2.75. The quantitative estimate of drug-likeness (QED) is 0.662. The standard InChI is InChI=1S/C10H5ClFN5/c11-8-10-16-15-9(17(10)4-3-14-8)6-1-2-13-5-7(6)12/h1-5H. The van der Waals surface area contributed by atoms with Crippen molar-refractivity contribution in [1.29, 1.82) is 0 Å².